The molecule has 1 unspecified atom stereocenters. The summed E-state index contributed by atoms with van der Waals surface area (Å²) in [5.74, 6) is -0.778. The third kappa shape index (κ3) is 3.65. The Morgan fingerprint density at radius 3 is 2.23 bits per heavy atom. The Balaban J connectivity index is 1.50. The van der Waals surface area contributed by atoms with Gasteiger partial charge in [-0.15, -0.1) is 0 Å². The van der Waals surface area contributed by atoms with E-state index in [0.717, 1.165) is 4.90 Å². The highest BCUT2D eigenvalue weighted by atomic mass is 35.5. The molecule has 1 N–H and O–H groups in total. The van der Waals surface area contributed by atoms with Crippen LogP contribution in [-0.2, 0) is 4.79 Å². The molecule has 1 aliphatic heterocycles. The van der Waals surface area contributed by atoms with Gasteiger partial charge in [-0.1, -0.05) is 41.9 Å². The molecule has 1 heterocycles. The number of halogens is 1. The lowest BCUT2D eigenvalue weighted by Gasteiger charge is -2.17. The van der Waals surface area contributed by atoms with Crippen molar-refractivity contribution in [2.75, 3.05) is 10.2 Å². The van der Waals surface area contributed by atoms with Crippen LogP contribution in [0.3, 0.4) is 0 Å². The lowest BCUT2D eigenvalue weighted by molar-refractivity contribution is -0.122. The van der Waals surface area contributed by atoms with Crippen LogP contribution in [0.1, 0.15) is 27.6 Å². The first-order valence-electron chi connectivity index (χ1n) is 9.25. The number of nitrogens with zero attached hydrogens (tertiary/aromatic N) is 1. The molecule has 0 spiro atoms. The van der Waals surface area contributed by atoms with Gasteiger partial charge in [0, 0.05) is 5.69 Å². The van der Waals surface area contributed by atoms with Crippen molar-refractivity contribution in [2.24, 2.45) is 0 Å². The number of carbonyl (C=O) groups is 3. The second-order valence-corrected chi connectivity index (χ2v) is 7.13. The quantitative estimate of drug-likeness (QED) is 0.614. The van der Waals surface area contributed by atoms with E-state index >= 15 is 0 Å². The molecule has 1 aliphatic rings. The van der Waals surface area contributed by atoms with Crippen molar-refractivity contribution in [1.29, 1.82) is 0 Å². The SMILES string of the molecule is CC(Oc1ccccc1Cl)C(=O)Nc1cccc(N2C(=O)c3ccccc3C2=O)c1. The van der Waals surface area contributed by atoms with E-state index < -0.39 is 23.8 Å². The molecule has 3 amide bonds. The predicted molar refractivity (Wildman–Crippen MR) is 114 cm³/mol. The highest BCUT2D eigenvalue weighted by Gasteiger charge is 2.36. The average Bonchev–Trinajstić information content (AvgIpc) is 3.00. The van der Waals surface area contributed by atoms with E-state index in [0.29, 0.717) is 33.3 Å². The zero-order chi connectivity index (χ0) is 21.3. The number of ether oxygens (including phenoxy) is 1. The second-order valence-electron chi connectivity index (χ2n) is 6.72. The molecule has 0 bridgehead atoms. The molecule has 30 heavy (non-hydrogen) atoms. The number of para-hydroxylation sites is 1. The lowest BCUT2D eigenvalue weighted by atomic mass is 10.1. The van der Waals surface area contributed by atoms with Crippen LogP contribution in [0.15, 0.2) is 72.8 Å². The van der Waals surface area contributed by atoms with E-state index in [1.165, 1.54) is 0 Å². The summed E-state index contributed by atoms with van der Waals surface area (Å²) in [6.45, 7) is 1.60. The number of benzene rings is 3. The number of anilines is 2. The fourth-order valence-corrected chi connectivity index (χ4v) is 3.35. The van der Waals surface area contributed by atoms with Gasteiger partial charge in [-0.2, -0.15) is 0 Å². The van der Waals surface area contributed by atoms with Crippen molar-refractivity contribution in [3.8, 4) is 5.75 Å². The minimum Gasteiger partial charge on any atom is -0.479 e. The van der Waals surface area contributed by atoms with Gasteiger partial charge in [0.25, 0.3) is 17.7 Å². The van der Waals surface area contributed by atoms with Crippen molar-refractivity contribution in [2.45, 2.75) is 13.0 Å². The molecular weight excluding hydrogens is 404 g/mol. The Morgan fingerprint density at radius 1 is 0.933 bits per heavy atom. The molecule has 3 aromatic rings. The van der Waals surface area contributed by atoms with E-state index in [1.807, 2.05) is 0 Å². The van der Waals surface area contributed by atoms with E-state index in [2.05, 4.69) is 5.32 Å². The molecule has 1 atom stereocenters. The molecule has 0 aromatic heterocycles. The standard InChI is InChI=1S/C23H17ClN2O4/c1-14(30-20-12-5-4-11-19(20)24)21(27)25-15-7-6-8-16(13-15)26-22(28)17-9-2-3-10-18(17)23(26)29/h2-14H,1H3,(H,25,27). The summed E-state index contributed by atoms with van der Waals surface area (Å²) in [6.07, 6.45) is -0.812. The van der Waals surface area contributed by atoms with Crippen molar-refractivity contribution in [3.05, 3.63) is 88.9 Å². The average molecular weight is 421 g/mol. The molecular formula is C23H17ClN2O4. The van der Waals surface area contributed by atoms with Gasteiger partial charge in [0.05, 0.1) is 21.8 Å². The summed E-state index contributed by atoms with van der Waals surface area (Å²) in [6, 6.07) is 20.1. The molecule has 3 aromatic carbocycles. The summed E-state index contributed by atoms with van der Waals surface area (Å²) >= 11 is 6.07. The van der Waals surface area contributed by atoms with Crippen LogP contribution >= 0.6 is 11.6 Å². The molecule has 150 valence electrons. The molecule has 0 saturated carbocycles. The second kappa shape index (κ2) is 8.00. The summed E-state index contributed by atoms with van der Waals surface area (Å²) < 4.78 is 5.62. The van der Waals surface area contributed by atoms with Gasteiger partial charge >= 0.3 is 0 Å². The van der Waals surface area contributed by atoms with Gasteiger partial charge in [-0.05, 0) is 49.4 Å². The van der Waals surface area contributed by atoms with Crippen LogP contribution in [0.25, 0.3) is 0 Å². The fourth-order valence-electron chi connectivity index (χ4n) is 3.17. The van der Waals surface area contributed by atoms with Gasteiger partial charge in [-0.25, -0.2) is 4.90 Å². The molecule has 4 rings (SSSR count). The number of hydrogen-bond donors (Lipinski definition) is 1. The third-order valence-electron chi connectivity index (χ3n) is 4.68. The van der Waals surface area contributed by atoms with Crippen LogP contribution in [0.5, 0.6) is 5.75 Å². The number of amides is 3. The molecule has 7 heteroatoms. The highest BCUT2D eigenvalue weighted by Crippen LogP contribution is 2.30. The Hall–Kier alpha value is -3.64. The summed E-state index contributed by atoms with van der Waals surface area (Å²) in [7, 11) is 0. The third-order valence-corrected chi connectivity index (χ3v) is 4.99. The summed E-state index contributed by atoms with van der Waals surface area (Å²) in [5, 5.41) is 3.15. The van der Waals surface area contributed by atoms with Gasteiger partial charge in [0.1, 0.15) is 5.75 Å². The van der Waals surface area contributed by atoms with Crippen LogP contribution < -0.4 is 15.0 Å². The number of carbonyl (C=O) groups excluding carboxylic acids is 3. The van der Waals surface area contributed by atoms with Crippen molar-refractivity contribution in [1.82, 2.24) is 0 Å². The zero-order valence-corrected chi connectivity index (χ0v) is 16.7. The fraction of sp³-hybridized carbons (Fsp3) is 0.0870. The lowest BCUT2D eigenvalue weighted by Crippen LogP contribution is -2.31. The van der Waals surface area contributed by atoms with Crippen LogP contribution in [-0.4, -0.2) is 23.8 Å². The monoisotopic (exact) mass is 420 g/mol. The molecule has 0 aliphatic carbocycles. The molecule has 0 saturated heterocycles. The molecule has 6 nitrogen and oxygen atoms in total. The largest absolute Gasteiger partial charge is 0.479 e. The molecule has 0 fully saturated rings. The van der Waals surface area contributed by atoms with Crippen LogP contribution in [0.2, 0.25) is 5.02 Å². The number of imide groups is 1. The summed E-state index contributed by atoms with van der Waals surface area (Å²) in [5.41, 5.74) is 1.53. The number of fused-ring (bicyclic) bond motifs is 1. The Morgan fingerprint density at radius 2 is 1.57 bits per heavy atom. The van der Waals surface area contributed by atoms with Gasteiger partial charge < -0.3 is 10.1 Å². The zero-order valence-electron chi connectivity index (χ0n) is 16.0. The molecule has 0 radical (unpaired) electrons. The Bertz CT molecular complexity index is 1130. The topological polar surface area (TPSA) is 75.7 Å². The van der Waals surface area contributed by atoms with Gasteiger partial charge in [-0.3, -0.25) is 14.4 Å². The number of nitrogens with one attached hydrogen (secondary N) is 1. The van der Waals surface area contributed by atoms with E-state index in [-0.39, 0.29) is 0 Å². The van der Waals surface area contributed by atoms with E-state index in [4.69, 9.17) is 16.3 Å². The first kappa shape index (κ1) is 19.7. The smallest absolute Gasteiger partial charge is 0.266 e. The first-order valence-corrected chi connectivity index (χ1v) is 9.63. The van der Waals surface area contributed by atoms with Crippen molar-refractivity contribution < 1.29 is 19.1 Å². The van der Waals surface area contributed by atoms with Gasteiger partial charge in [0.2, 0.25) is 0 Å². The number of rotatable bonds is 5. The normalized spacial score (nSPS) is 13.7. The Kier molecular flexibility index (Phi) is 5.25. The first-order chi connectivity index (χ1) is 14.5. The van der Waals surface area contributed by atoms with Crippen molar-refractivity contribution in [3.63, 3.8) is 0 Å². The van der Waals surface area contributed by atoms with Crippen LogP contribution in [0, 0.1) is 0 Å². The Labute approximate surface area is 178 Å². The summed E-state index contributed by atoms with van der Waals surface area (Å²) in [4.78, 5) is 39.0. The van der Waals surface area contributed by atoms with E-state index in [9.17, 15) is 14.4 Å². The number of hydrogen-bond acceptors (Lipinski definition) is 4. The highest BCUT2D eigenvalue weighted by molar-refractivity contribution is 6.34. The van der Waals surface area contributed by atoms with Crippen LogP contribution in [0.4, 0.5) is 11.4 Å². The maximum absolute atomic E-state index is 12.7. The maximum Gasteiger partial charge on any atom is 0.266 e. The minimum atomic E-state index is -0.812. The maximum atomic E-state index is 12.7. The van der Waals surface area contributed by atoms with Gasteiger partial charge in [0.15, 0.2) is 6.10 Å². The minimum absolute atomic E-state index is 0.360. The predicted octanol–water partition coefficient (Wildman–Crippen LogP) is 4.55. The van der Waals surface area contributed by atoms with E-state index in [1.54, 1.807) is 79.7 Å². The van der Waals surface area contributed by atoms with Crippen molar-refractivity contribution >= 4 is 40.7 Å².